The predicted octanol–water partition coefficient (Wildman–Crippen LogP) is 0.657. The topological polar surface area (TPSA) is 113 Å². The Morgan fingerprint density at radius 2 is 1.68 bits per heavy atom. The number of carbonyl (C=O) groups is 4. The molecule has 1 saturated carbocycles. The van der Waals surface area contributed by atoms with Gasteiger partial charge >= 0.3 is 0 Å². The van der Waals surface area contributed by atoms with Crippen molar-refractivity contribution in [3.05, 3.63) is 11.4 Å². The molecule has 4 amide bonds. The van der Waals surface area contributed by atoms with E-state index in [9.17, 15) is 19.2 Å². The van der Waals surface area contributed by atoms with E-state index in [2.05, 4.69) is 15.7 Å². The number of nitrogens with zero attached hydrogens (tertiary/aromatic N) is 3. The Kier molecular flexibility index (Phi) is 5.81. The van der Waals surface area contributed by atoms with Crippen LogP contribution < -0.4 is 10.6 Å². The lowest BCUT2D eigenvalue weighted by Gasteiger charge is -2.19. The van der Waals surface area contributed by atoms with Crippen molar-refractivity contribution in [1.29, 1.82) is 0 Å². The minimum absolute atomic E-state index is 0.00481. The number of carbonyl (C=O) groups excluding carboxylic acids is 4. The molecule has 3 rings (SSSR count). The molecule has 0 spiro atoms. The molecule has 152 valence electrons. The van der Waals surface area contributed by atoms with Crippen LogP contribution in [0, 0.1) is 25.7 Å². The van der Waals surface area contributed by atoms with Gasteiger partial charge in [-0.05, 0) is 26.7 Å². The van der Waals surface area contributed by atoms with E-state index in [4.69, 9.17) is 0 Å². The molecule has 2 N–H and O–H groups in total. The Balaban J connectivity index is 1.45. The number of fused-ring (bicyclic) bond motifs is 1. The molecular weight excluding hydrogens is 362 g/mol. The highest BCUT2D eigenvalue weighted by Gasteiger charge is 2.47. The first-order chi connectivity index (χ1) is 13.3. The van der Waals surface area contributed by atoms with Crippen LogP contribution in [0.1, 0.15) is 43.5 Å². The lowest BCUT2D eigenvalue weighted by molar-refractivity contribution is -0.140. The second kappa shape index (κ2) is 8.12. The normalized spacial score (nSPS) is 21.6. The van der Waals surface area contributed by atoms with Crippen LogP contribution in [-0.4, -0.2) is 51.4 Å². The summed E-state index contributed by atoms with van der Waals surface area (Å²) >= 11 is 0. The third-order valence-corrected chi connectivity index (χ3v) is 5.71. The van der Waals surface area contributed by atoms with Crippen molar-refractivity contribution in [2.24, 2.45) is 18.9 Å². The third-order valence-electron chi connectivity index (χ3n) is 5.71. The van der Waals surface area contributed by atoms with E-state index in [0.29, 0.717) is 11.4 Å². The molecule has 0 unspecified atom stereocenters. The largest absolute Gasteiger partial charge is 0.347 e. The molecule has 0 radical (unpaired) electrons. The molecule has 1 aromatic heterocycles. The molecule has 2 heterocycles. The van der Waals surface area contributed by atoms with E-state index >= 15 is 0 Å². The first-order valence-electron chi connectivity index (χ1n) is 9.71. The van der Waals surface area contributed by atoms with E-state index in [0.717, 1.165) is 31.4 Å². The molecular formula is C19H27N5O4. The number of imide groups is 1. The third kappa shape index (κ3) is 3.93. The van der Waals surface area contributed by atoms with Crippen molar-refractivity contribution in [3.63, 3.8) is 0 Å². The number of amides is 4. The van der Waals surface area contributed by atoms with Crippen molar-refractivity contribution in [2.45, 2.75) is 46.0 Å². The van der Waals surface area contributed by atoms with Gasteiger partial charge in [0.1, 0.15) is 0 Å². The maximum Gasteiger partial charge on any atom is 0.243 e. The average molecular weight is 389 g/mol. The monoisotopic (exact) mass is 389 g/mol. The van der Waals surface area contributed by atoms with E-state index in [1.54, 1.807) is 18.7 Å². The van der Waals surface area contributed by atoms with E-state index in [1.165, 1.54) is 4.90 Å². The highest BCUT2D eigenvalue weighted by atomic mass is 16.2. The Labute approximate surface area is 163 Å². The molecule has 1 aliphatic heterocycles. The zero-order chi connectivity index (χ0) is 20.4. The molecule has 2 aliphatic rings. The Hall–Kier alpha value is -2.71. The van der Waals surface area contributed by atoms with Gasteiger partial charge in [-0.25, -0.2) is 0 Å². The SMILES string of the molecule is Cc1nn(C)c(C)c1NC(=O)CNC(=O)CCN1C(=O)[C@H]2CCCC[C@H]2C1=O. The summed E-state index contributed by atoms with van der Waals surface area (Å²) in [5, 5.41) is 9.50. The molecule has 1 aliphatic carbocycles. The highest BCUT2D eigenvalue weighted by molar-refractivity contribution is 6.05. The summed E-state index contributed by atoms with van der Waals surface area (Å²) in [6.45, 7) is 3.53. The van der Waals surface area contributed by atoms with Crippen LogP contribution in [0.4, 0.5) is 5.69 Å². The summed E-state index contributed by atoms with van der Waals surface area (Å²) in [4.78, 5) is 50.2. The van der Waals surface area contributed by atoms with Crippen molar-refractivity contribution < 1.29 is 19.2 Å². The average Bonchev–Trinajstić information content (AvgIpc) is 3.06. The number of rotatable bonds is 6. The fourth-order valence-corrected chi connectivity index (χ4v) is 4.07. The number of likely N-dealkylation sites (tertiary alicyclic amines) is 1. The number of nitrogens with one attached hydrogen (secondary N) is 2. The van der Waals surface area contributed by atoms with E-state index < -0.39 is 0 Å². The summed E-state index contributed by atoms with van der Waals surface area (Å²) in [5.41, 5.74) is 2.16. The Morgan fingerprint density at radius 3 is 2.21 bits per heavy atom. The van der Waals surface area contributed by atoms with E-state index in [-0.39, 0.29) is 55.0 Å². The molecule has 0 bridgehead atoms. The summed E-state index contributed by atoms with van der Waals surface area (Å²) < 4.78 is 1.67. The minimum atomic E-state index is -0.370. The van der Waals surface area contributed by atoms with Crippen molar-refractivity contribution in [3.8, 4) is 0 Å². The van der Waals surface area contributed by atoms with Crippen LogP contribution in [0.5, 0.6) is 0 Å². The molecule has 1 saturated heterocycles. The van der Waals surface area contributed by atoms with Gasteiger partial charge in [0.25, 0.3) is 0 Å². The molecule has 28 heavy (non-hydrogen) atoms. The zero-order valence-electron chi connectivity index (χ0n) is 16.6. The van der Waals surface area contributed by atoms with Gasteiger partial charge in [-0.3, -0.25) is 28.8 Å². The minimum Gasteiger partial charge on any atom is -0.347 e. The van der Waals surface area contributed by atoms with Crippen molar-refractivity contribution >= 4 is 29.3 Å². The lowest BCUT2D eigenvalue weighted by atomic mass is 9.81. The van der Waals surface area contributed by atoms with Gasteiger partial charge < -0.3 is 10.6 Å². The fraction of sp³-hybridized carbons (Fsp3) is 0.632. The molecule has 1 aromatic rings. The predicted molar refractivity (Wildman–Crippen MR) is 101 cm³/mol. The fourth-order valence-electron chi connectivity index (χ4n) is 4.07. The molecule has 2 atom stereocenters. The first kappa shape index (κ1) is 20.0. The highest BCUT2D eigenvalue weighted by Crippen LogP contribution is 2.37. The summed E-state index contributed by atoms with van der Waals surface area (Å²) in [7, 11) is 1.79. The standard InChI is InChI=1S/C19H27N5O4/c1-11-17(12(2)23(3)22-11)21-16(26)10-20-15(25)8-9-24-18(27)13-6-4-5-7-14(13)19(24)28/h13-14H,4-10H2,1-3H3,(H,20,25)(H,21,26)/t13-,14+. The molecule has 9 heteroatoms. The number of aromatic nitrogens is 2. The zero-order valence-corrected chi connectivity index (χ0v) is 16.6. The summed E-state index contributed by atoms with van der Waals surface area (Å²) in [6.07, 6.45) is 3.45. The number of aryl methyl sites for hydroxylation is 2. The Morgan fingerprint density at radius 1 is 1.07 bits per heavy atom. The van der Waals surface area contributed by atoms with Gasteiger partial charge in [0.05, 0.1) is 35.5 Å². The summed E-state index contributed by atoms with van der Waals surface area (Å²) in [5.74, 6) is -1.44. The van der Waals surface area contributed by atoms with Crippen molar-refractivity contribution in [2.75, 3.05) is 18.4 Å². The van der Waals surface area contributed by atoms with E-state index in [1.807, 2.05) is 6.92 Å². The van der Waals surface area contributed by atoms with Crippen LogP contribution in [0.3, 0.4) is 0 Å². The van der Waals surface area contributed by atoms with Gasteiger partial charge in [-0.1, -0.05) is 12.8 Å². The second-order valence-corrected chi connectivity index (χ2v) is 7.57. The maximum absolute atomic E-state index is 12.4. The maximum atomic E-state index is 12.4. The number of hydrogen-bond donors (Lipinski definition) is 2. The van der Waals surface area contributed by atoms with Crippen LogP contribution in [0.15, 0.2) is 0 Å². The van der Waals surface area contributed by atoms with Crippen LogP contribution in [-0.2, 0) is 26.2 Å². The van der Waals surface area contributed by atoms with Crippen molar-refractivity contribution in [1.82, 2.24) is 20.0 Å². The molecule has 0 aromatic carbocycles. The quantitative estimate of drug-likeness (QED) is 0.694. The van der Waals surface area contributed by atoms with Crippen LogP contribution in [0.25, 0.3) is 0 Å². The number of hydrogen-bond acceptors (Lipinski definition) is 5. The smallest absolute Gasteiger partial charge is 0.243 e. The number of anilines is 1. The molecule has 9 nitrogen and oxygen atoms in total. The first-order valence-corrected chi connectivity index (χ1v) is 9.71. The van der Waals surface area contributed by atoms with Crippen LogP contribution in [0.2, 0.25) is 0 Å². The van der Waals surface area contributed by atoms with Gasteiger partial charge in [0.15, 0.2) is 0 Å². The lowest BCUT2D eigenvalue weighted by Crippen LogP contribution is -2.37. The van der Waals surface area contributed by atoms with Crippen LogP contribution >= 0.6 is 0 Å². The van der Waals surface area contributed by atoms with Gasteiger partial charge in [-0.2, -0.15) is 5.10 Å². The van der Waals surface area contributed by atoms with Gasteiger partial charge in [0, 0.05) is 20.0 Å². The second-order valence-electron chi connectivity index (χ2n) is 7.57. The summed E-state index contributed by atoms with van der Waals surface area (Å²) in [6, 6.07) is 0. The Bertz CT molecular complexity index is 791. The molecule has 2 fully saturated rings. The van der Waals surface area contributed by atoms with Gasteiger partial charge in [-0.15, -0.1) is 0 Å². The van der Waals surface area contributed by atoms with Gasteiger partial charge in [0.2, 0.25) is 23.6 Å².